The fourth-order valence-corrected chi connectivity index (χ4v) is 4.06. The van der Waals surface area contributed by atoms with E-state index in [1.807, 2.05) is 41.3 Å². The Morgan fingerprint density at radius 3 is 2.68 bits per heavy atom. The number of likely N-dealkylation sites (tertiary alicyclic amines) is 1. The van der Waals surface area contributed by atoms with Crippen molar-refractivity contribution in [1.82, 2.24) is 15.5 Å². The first kappa shape index (κ1) is 18.7. The van der Waals surface area contributed by atoms with Gasteiger partial charge in [0.05, 0.1) is 13.0 Å². The predicted molar refractivity (Wildman–Crippen MR) is 108 cm³/mol. The van der Waals surface area contributed by atoms with E-state index in [2.05, 4.69) is 10.6 Å². The molecule has 2 aromatic rings. The zero-order chi connectivity index (χ0) is 19.5. The van der Waals surface area contributed by atoms with Crippen LogP contribution in [0.2, 0.25) is 0 Å². The summed E-state index contributed by atoms with van der Waals surface area (Å²) in [5, 5.41) is 8.09. The summed E-state index contributed by atoms with van der Waals surface area (Å²) in [6, 6.07) is 11.5. The number of piperidine rings is 1. The van der Waals surface area contributed by atoms with Gasteiger partial charge in [0.1, 0.15) is 5.75 Å². The van der Waals surface area contributed by atoms with Crippen LogP contribution in [-0.2, 0) is 4.79 Å². The third-order valence-electron chi connectivity index (χ3n) is 5.84. The van der Waals surface area contributed by atoms with Crippen LogP contribution in [0.25, 0.3) is 10.8 Å². The number of hydrogen-bond donors (Lipinski definition) is 2. The maximum absolute atomic E-state index is 13.2. The number of amides is 2. The summed E-state index contributed by atoms with van der Waals surface area (Å²) < 4.78 is 5.43. The molecule has 2 saturated heterocycles. The second-order valence-corrected chi connectivity index (χ2v) is 7.72. The standard InChI is InChI=1S/C22H27N3O3/c1-28-20-9-8-19(17-6-2-3-7-18(17)20)22(27)25-10-4-5-16(14-25)21(26)24-13-15-11-23-12-15/h2-3,6-9,15-16,23H,4-5,10-14H2,1H3,(H,24,26). The number of rotatable bonds is 5. The SMILES string of the molecule is COc1ccc(C(=O)N2CCCC(C(=O)NCC3CNC3)C2)c2ccccc12. The fourth-order valence-electron chi connectivity index (χ4n) is 4.06. The summed E-state index contributed by atoms with van der Waals surface area (Å²) in [6.07, 6.45) is 1.69. The van der Waals surface area contributed by atoms with Gasteiger partial charge in [-0.1, -0.05) is 24.3 Å². The van der Waals surface area contributed by atoms with Crippen LogP contribution in [0.3, 0.4) is 0 Å². The summed E-state index contributed by atoms with van der Waals surface area (Å²) in [4.78, 5) is 27.6. The zero-order valence-electron chi connectivity index (χ0n) is 16.2. The van der Waals surface area contributed by atoms with E-state index < -0.39 is 0 Å². The molecule has 2 heterocycles. The Bertz CT molecular complexity index is 878. The van der Waals surface area contributed by atoms with Crippen LogP contribution < -0.4 is 15.4 Å². The van der Waals surface area contributed by atoms with Crippen molar-refractivity contribution in [3.8, 4) is 5.75 Å². The highest BCUT2D eigenvalue weighted by Gasteiger charge is 2.30. The molecule has 2 amide bonds. The first-order chi connectivity index (χ1) is 13.7. The lowest BCUT2D eigenvalue weighted by atomic mass is 9.95. The summed E-state index contributed by atoms with van der Waals surface area (Å²) in [5.41, 5.74) is 0.665. The van der Waals surface area contributed by atoms with Gasteiger partial charge in [-0.05, 0) is 30.4 Å². The average molecular weight is 381 g/mol. The number of fused-ring (bicyclic) bond motifs is 1. The Morgan fingerprint density at radius 1 is 1.18 bits per heavy atom. The van der Waals surface area contributed by atoms with Crippen LogP contribution in [-0.4, -0.2) is 56.5 Å². The zero-order valence-corrected chi connectivity index (χ0v) is 16.2. The third kappa shape index (κ3) is 3.69. The molecule has 6 heteroatoms. The van der Waals surface area contributed by atoms with Crippen LogP contribution in [0.15, 0.2) is 36.4 Å². The molecule has 2 fully saturated rings. The molecule has 0 aromatic heterocycles. The second kappa shape index (κ2) is 8.19. The van der Waals surface area contributed by atoms with Gasteiger partial charge in [0.25, 0.3) is 5.91 Å². The van der Waals surface area contributed by atoms with Gasteiger partial charge in [-0.15, -0.1) is 0 Å². The summed E-state index contributed by atoms with van der Waals surface area (Å²) in [7, 11) is 1.64. The topological polar surface area (TPSA) is 70.7 Å². The van der Waals surface area contributed by atoms with E-state index in [4.69, 9.17) is 4.74 Å². The van der Waals surface area contributed by atoms with Gasteiger partial charge >= 0.3 is 0 Å². The van der Waals surface area contributed by atoms with Gasteiger partial charge in [0.2, 0.25) is 5.91 Å². The number of carbonyl (C=O) groups is 2. The van der Waals surface area contributed by atoms with Crippen LogP contribution in [0.4, 0.5) is 0 Å². The van der Waals surface area contributed by atoms with Crippen molar-refractivity contribution in [2.45, 2.75) is 12.8 Å². The molecule has 1 unspecified atom stereocenters. The van der Waals surface area contributed by atoms with E-state index in [0.29, 0.717) is 24.6 Å². The summed E-state index contributed by atoms with van der Waals surface area (Å²) in [5.74, 6) is 1.23. The van der Waals surface area contributed by atoms with E-state index in [9.17, 15) is 9.59 Å². The number of ether oxygens (including phenoxy) is 1. The molecule has 28 heavy (non-hydrogen) atoms. The number of methoxy groups -OCH3 is 1. The summed E-state index contributed by atoms with van der Waals surface area (Å²) >= 11 is 0. The molecule has 0 bridgehead atoms. The van der Waals surface area contributed by atoms with Crippen molar-refractivity contribution in [2.75, 3.05) is 39.8 Å². The van der Waals surface area contributed by atoms with E-state index in [1.165, 1.54) is 0 Å². The molecule has 148 valence electrons. The van der Waals surface area contributed by atoms with E-state index in [0.717, 1.165) is 49.0 Å². The van der Waals surface area contributed by atoms with Crippen molar-refractivity contribution in [2.24, 2.45) is 11.8 Å². The van der Waals surface area contributed by atoms with E-state index in [-0.39, 0.29) is 17.7 Å². The van der Waals surface area contributed by atoms with Gasteiger partial charge in [0, 0.05) is 49.6 Å². The van der Waals surface area contributed by atoms with Gasteiger partial charge < -0.3 is 20.3 Å². The Morgan fingerprint density at radius 2 is 1.96 bits per heavy atom. The van der Waals surface area contributed by atoms with Crippen LogP contribution in [0.5, 0.6) is 5.75 Å². The average Bonchev–Trinajstić information content (AvgIpc) is 2.71. The van der Waals surface area contributed by atoms with Crippen molar-refractivity contribution in [1.29, 1.82) is 0 Å². The van der Waals surface area contributed by atoms with Gasteiger partial charge in [-0.2, -0.15) is 0 Å². The molecular weight excluding hydrogens is 354 g/mol. The number of nitrogens with zero attached hydrogens (tertiary/aromatic N) is 1. The largest absolute Gasteiger partial charge is 0.496 e. The minimum Gasteiger partial charge on any atom is -0.496 e. The Kier molecular flexibility index (Phi) is 5.48. The Labute approximate surface area is 165 Å². The van der Waals surface area contributed by atoms with Crippen LogP contribution in [0, 0.1) is 11.8 Å². The van der Waals surface area contributed by atoms with Crippen molar-refractivity contribution >= 4 is 22.6 Å². The number of benzene rings is 2. The minimum atomic E-state index is -0.129. The maximum atomic E-state index is 13.2. The van der Waals surface area contributed by atoms with Crippen LogP contribution in [0.1, 0.15) is 23.2 Å². The van der Waals surface area contributed by atoms with Gasteiger partial charge in [0.15, 0.2) is 0 Å². The fraction of sp³-hybridized carbons (Fsp3) is 0.455. The highest BCUT2D eigenvalue weighted by Crippen LogP contribution is 2.30. The molecule has 2 N–H and O–H groups in total. The Hall–Kier alpha value is -2.60. The van der Waals surface area contributed by atoms with Crippen LogP contribution >= 0.6 is 0 Å². The van der Waals surface area contributed by atoms with Gasteiger partial charge in [-0.3, -0.25) is 9.59 Å². The van der Waals surface area contributed by atoms with Crippen molar-refractivity contribution in [3.05, 3.63) is 42.0 Å². The normalized spacial score (nSPS) is 19.9. The quantitative estimate of drug-likeness (QED) is 0.832. The lowest BCUT2D eigenvalue weighted by molar-refractivity contribution is -0.126. The first-order valence-corrected chi connectivity index (χ1v) is 10.0. The number of carbonyl (C=O) groups excluding carboxylic acids is 2. The smallest absolute Gasteiger partial charge is 0.254 e. The molecule has 2 aliphatic heterocycles. The third-order valence-corrected chi connectivity index (χ3v) is 5.84. The molecule has 2 aliphatic rings. The molecule has 4 rings (SSSR count). The van der Waals surface area contributed by atoms with E-state index in [1.54, 1.807) is 7.11 Å². The molecule has 0 spiro atoms. The summed E-state index contributed by atoms with van der Waals surface area (Å²) in [6.45, 7) is 3.84. The van der Waals surface area contributed by atoms with Crippen molar-refractivity contribution < 1.29 is 14.3 Å². The molecule has 0 saturated carbocycles. The lowest BCUT2D eigenvalue weighted by Gasteiger charge is -2.33. The van der Waals surface area contributed by atoms with Crippen molar-refractivity contribution in [3.63, 3.8) is 0 Å². The lowest BCUT2D eigenvalue weighted by Crippen LogP contribution is -2.51. The highest BCUT2D eigenvalue weighted by molar-refractivity contribution is 6.08. The maximum Gasteiger partial charge on any atom is 0.254 e. The molecular formula is C22H27N3O3. The molecule has 6 nitrogen and oxygen atoms in total. The van der Waals surface area contributed by atoms with Gasteiger partial charge in [-0.25, -0.2) is 0 Å². The monoisotopic (exact) mass is 381 g/mol. The van der Waals surface area contributed by atoms with E-state index >= 15 is 0 Å². The Balaban J connectivity index is 1.48. The highest BCUT2D eigenvalue weighted by atomic mass is 16.5. The second-order valence-electron chi connectivity index (χ2n) is 7.72. The molecule has 0 radical (unpaired) electrons. The number of nitrogens with one attached hydrogen (secondary N) is 2. The predicted octanol–water partition coefficient (Wildman–Crippen LogP) is 2.04. The molecule has 1 atom stereocenters. The molecule has 0 aliphatic carbocycles. The number of hydrogen-bond acceptors (Lipinski definition) is 4. The first-order valence-electron chi connectivity index (χ1n) is 10.0. The minimum absolute atomic E-state index is 0.0143. The molecule has 2 aromatic carbocycles.